The van der Waals surface area contributed by atoms with Gasteiger partial charge in [0.25, 0.3) is 5.91 Å². The number of likely N-dealkylation sites (tertiary alicyclic amines) is 1. The number of ether oxygens (including phenoxy) is 1. The van der Waals surface area contributed by atoms with Crippen molar-refractivity contribution in [2.24, 2.45) is 5.41 Å². The highest BCUT2D eigenvalue weighted by Crippen LogP contribution is 2.21. The average Bonchev–Trinajstić information content (AvgIpc) is 2.83. The van der Waals surface area contributed by atoms with Crippen molar-refractivity contribution in [3.8, 4) is 5.75 Å². The zero-order chi connectivity index (χ0) is 17.7. The van der Waals surface area contributed by atoms with E-state index in [-0.39, 0.29) is 23.3 Å². The van der Waals surface area contributed by atoms with E-state index >= 15 is 0 Å². The number of hydrogen-bond acceptors (Lipinski definition) is 3. The molecule has 1 aliphatic rings. The monoisotopic (exact) mass is 330 g/mol. The molecule has 130 valence electrons. The molecule has 0 aliphatic carbocycles. The van der Waals surface area contributed by atoms with Crippen LogP contribution in [0.3, 0.4) is 0 Å². The fraction of sp³-hybridized carbons (Fsp3) is 0.474. The molecule has 0 saturated carbocycles. The van der Waals surface area contributed by atoms with Crippen LogP contribution >= 0.6 is 0 Å². The molecule has 1 aliphatic heterocycles. The highest BCUT2D eigenvalue weighted by Gasteiger charge is 2.32. The molecule has 0 radical (unpaired) electrons. The minimum absolute atomic E-state index is 0.0470. The Bertz CT molecular complexity index is 619. The van der Waals surface area contributed by atoms with Gasteiger partial charge in [0.2, 0.25) is 5.91 Å². The maximum atomic E-state index is 12.4. The second-order valence-corrected chi connectivity index (χ2v) is 7.34. The molecule has 5 nitrogen and oxygen atoms in total. The van der Waals surface area contributed by atoms with Gasteiger partial charge in [0.1, 0.15) is 12.4 Å². The molecule has 1 atom stereocenters. The molecule has 1 fully saturated rings. The van der Waals surface area contributed by atoms with Crippen LogP contribution in [0.5, 0.6) is 5.75 Å². The number of nitrogens with one attached hydrogen (secondary N) is 1. The summed E-state index contributed by atoms with van der Waals surface area (Å²) < 4.78 is 5.44. The van der Waals surface area contributed by atoms with Crippen LogP contribution in [0.4, 0.5) is 0 Å². The van der Waals surface area contributed by atoms with Crippen molar-refractivity contribution in [1.82, 2.24) is 10.2 Å². The summed E-state index contributed by atoms with van der Waals surface area (Å²) in [5.74, 6) is 0.534. The van der Waals surface area contributed by atoms with Crippen LogP contribution in [-0.4, -0.2) is 42.5 Å². The first kappa shape index (κ1) is 18.0. The Labute approximate surface area is 143 Å². The van der Waals surface area contributed by atoms with Crippen molar-refractivity contribution in [2.45, 2.75) is 33.2 Å². The molecule has 1 saturated heterocycles. The van der Waals surface area contributed by atoms with E-state index in [1.807, 2.05) is 4.90 Å². The fourth-order valence-corrected chi connectivity index (χ4v) is 2.75. The van der Waals surface area contributed by atoms with E-state index in [4.69, 9.17) is 4.74 Å². The third-order valence-corrected chi connectivity index (χ3v) is 3.68. The van der Waals surface area contributed by atoms with E-state index in [0.29, 0.717) is 37.4 Å². The quantitative estimate of drug-likeness (QED) is 0.816. The van der Waals surface area contributed by atoms with E-state index in [1.165, 1.54) is 0 Å². The fourth-order valence-electron chi connectivity index (χ4n) is 2.75. The lowest BCUT2D eigenvalue weighted by atomic mass is 9.96. The second-order valence-electron chi connectivity index (χ2n) is 7.34. The second kappa shape index (κ2) is 7.51. The first-order chi connectivity index (χ1) is 11.3. The van der Waals surface area contributed by atoms with Crippen LogP contribution in [0.15, 0.2) is 36.9 Å². The molecular weight excluding hydrogens is 304 g/mol. The normalized spacial score (nSPS) is 17.7. The number of hydrogen-bond donors (Lipinski definition) is 1. The summed E-state index contributed by atoms with van der Waals surface area (Å²) in [6.07, 6.45) is 2.01. The van der Waals surface area contributed by atoms with Gasteiger partial charge in [-0.1, -0.05) is 39.5 Å². The van der Waals surface area contributed by atoms with Gasteiger partial charge in [-0.2, -0.15) is 0 Å². The van der Waals surface area contributed by atoms with Crippen molar-refractivity contribution in [3.05, 3.63) is 42.5 Å². The lowest BCUT2D eigenvalue weighted by Gasteiger charge is -2.26. The first-order valence-electron chi connectivity index (χ1n) is 8.21. The number of rotatable bonds is 6. The number of amides is 2. The Balaban J connectivity index is 1.95. The first-order valence-corrected chi connectivity index (χ1v) is 8.21. The van der Waals surface area contributed by atoms with Gasteiger partial charge in [-0.3, -0.25) is 9.59 Å². The molecule has 0 spiro atoms. The van der Waals surface area contributed by atoms with E-state index in [2.05, 4.69) is 32.7 Å². The molecule has 0 aromatic heterocycles. The van der Waals surface area contributed by atoms with Gasteiger partial charge in [-0.05, 0) is 23.6 Å². The molecule has 2 rings (SSSR count). The van der Waals surface area contributed by atoms with Crippen molar-refractivity contribution < 1.29 is 14.3 Å². The van der Waals surface area contributed by atoms with E-state index in [9.17, 15) is 9.59 Å². The topological polar surface area (TPSA) is 58.6 Å². The molecule has 24 heavy (non-hydrogen) atoms. The molecule has 2 amide bonds. The largest absolute Gasteiger partial charge is 0.490 e. The van der Waals surface area contributed by atoms with Gasteiger partial charge < -0.3 is 15.0 Å². The molecular formula is C19H26N2O3. The predicted molar refractivity (Wildman–Crippen MR) is 94.0 cm³/mol. The van der Waals surface area contributed by atoms with Gasteiger partial charge in [-0.25, -0.2) is 0 Å². The van der Waals surface area contributed by atoms with Gasteiger partial charge in [0.05, 0.1) is 6.04 Å². The summed E-state index contributed by atoms with van der Waals surface area (Å²) in [5, 5.41) is 2.95. The van der Waals surface area contributed by atoms with Crippen molar-refractivity contribution in [2.75, 3.05) is 19.7 Å². The smallest absolute Gasteiger partial charge is 0.251 e. The zero-order valence-electron chi connectivity index (χ0n) is 14.7. The standard InChI is InChI=1S/C19H26N2O3/c1-5-9-24-16-8-6-7-14(10-16)18(23)20-15-11-17(22)21(12-15)13-19(2,3)4/h5-8,10,15H,1,9,11-13H2,2-4H3,(H,20,23)/t15-/m0/s1. The van der Waals surface area contributed by atoms with E-state index in [0.717, 1.165) is 0 Å². The number of benzene rings is 1. The SMILES string of the molecule is C=CCOc1cccc(C(=O)N[C@H]2CC(=O)N(CC(C)(C)C)C2)c1. The van der Waals surface area contributed by atoms with Gasteiger partial charge in [0, 0.05) is 25.1 Å². The molecule has 5 heteroatoms. The summed E-state index contributed by atoms with van der Waals surface area (Å²) in [6, 6.07) is 6.86. The lowest BCUT2D eigenvalue weighted by molar-refractivity contribution is -0.128. The molecule has 1 N–H and O–H groups in total. The van der Waals surface area contributed by atoms with Crippen LogP contribution in [-0.2, 0) is 4.79 Å². The summed E-state index contributed by atoms with van der Waals surface area (Å²) in [5.41, 5.74) is 0.573. The third kappa shape index (κ3) is 5.11. The lowest BCUT2D eigenvalue weighted by Crippen LogP contribution is -2.39. The number of carbonyl (C=O) groups excluding carboxylic acids is 2. The van der Waals surface area contributed by atoms with E-state index < -0.39 is 0 Å². The summed E-state index contributed by atoms with van der Waals surface area (Å²) in [7, 11) is 0. The van der Waals surface area contributed by atoms with Gasteiger partial charge >= 0.3 is 0 Å². The van der Waals surface area contributed by atoms with Crippen molar-refractivity contribution in [3.63, 3.8) is 0 Å². The Morgan fingerprint density at radius 3 is 2.88 bits per heavy atom. The van der Waals surface area contributed by atoms with E-state index in [1.54, 1.807) is 30.3 Å². The van der Waals surface area contributed by atoms with Crippen molar-refractivity contribution >= 4 is 11.8 Å². The Kier molecular flexibility index (Phi) is 5.65. The Morgan fingerprint density at radius 2 is 2.21 bits per heavy atom. The van der Waals surface area contributed by atoms with Gasteiger partial charge in [0.15, 0.2) is 0 Å². The molecule has 0 unspecified atom stereocenters. The number of nitrogens with zero attached hydrogens (tertiary/aromatic N) is 1. The predicted octanol–water partition coefficient (Wildman–Crippen LogP) is 2.63. The summed E-state index contributed by atoms with van der Waals surface area (Å²) in [4.78, 5) is 26.3. The average molecular weight is 330 g/mol. The van der Waals surface area contributed by atoms with Crippen LogP contribution < -0.4 is 10.1 Å². The van der Waals surface area contributed by atoms with Crippen LogP contribution in [0.2, 0.25) is 0 Å². The van der Waals surface area contributed by atoms with Crippen molar-refractivity contribution in [1.29, 1.82) is 0 Å². The summed E-state index contributed by atoms with van der Waals surface area (Å²) >= 11 is 0. The minimum Gasteiger partial charge on any atom is -0.490 e. The van der Waals surface area contributed by atoms with Crippen LogP contribution in [0.1, 0.15) is 37.6 Å². The molecule has 0 bridgehead atoms. The van der Waals surface area contributed by atoms with Gasteiger partial charge in [-0.15, -0.1) is 0 Å². The Morgan fingerprint density at radius 1 is 1.46 bits per heavy atom. The highest BCUT2D eigenvalue weighted by atomic mass is 16.5. The maximum Gasteiger partial charge on any atom is 0.251 e. The Hall–Kier alpha value is -2.30. The minimum atomic E-state index is -0.186. The van der Waals surface area contributed by atoms with Crippen LogP contribution in [0, 0.1) is 5.41 Å². The number of carbonyl (C=O) groups is 2. The van der Waals surface area contributed by atoms with Crippen LogP contribution in [0.25, 0.3) is 0 Å². The third-order valence-electron chi connectivity index (χ3n) is 3.68. The summed E-state index contributed by atoms with van der Waals surface area (Å²) in [6.45, 7) is 11.5. The maximum absolute atomic E-state index is 12.4. The molecule has 1 heterocycles. The highest BCUT2D eigenvalue weighted by molar-refractivity contribution is 5.95. The molecule has 1 aromatic rings. The zero-order valence-corrected chi connectivity index (χ0v) is 14.7. The molecule has 1 aromatic carbocycles.